The zero-order valence-electron chi connectivity index (χ0n) is 11.7. The molecule has 5 nitrogen and oxygen atoms in total. The van der Waals surface area contributed by atoms with Crippen LogP contribution in [-0.4, -0.2) is 23.3 Å². The number of aryl methyl sites for hydroxylation is 1. The van der Waals surface area contributed by atoms with Gasteiger partial charge in [0.15, 0.2) is 0 Å². The van der Waals surface area contributed by atoms with Gasteiger partial charge in [-0.2, -0.15) is 11.3 Å². The molecule has 0 aliphatic heterocycles. The van der Waals surface area contributed by atoms with Crippen LogP contribution in [0, 0.1) is 6.92 Å². The number of carbonyl (C=O) groups excluding carboxylic acids is 2. The average Bonchev–Trinajstić information content (AvgIpc) is 2.83. The summed E-state index contributed by atoms with van der Waals surface area (Å²) in [5.74, 6) is -0.741. The number of carbonyl (C=O) groups is 2. The van der Waals surface area contributed by atoms with E-state index in [1.54, 1.807) is 17.5 Å². The van der Waals surface area contributed by atoms with Gasteiger partial charge < -0.3 is 16.4 Å². The summed E-state index contributed by atoms with van der Waals surface area (Å²) >= 11 is 1.46. The van der Waals surface area contributed by atoms with Gasteiger partial charge >= 0.3 is 0 Å². The van der Waals surface area contributed by atoms with Crippen molar-refractivity contribution in [3.63, 3.8) is 0 Å². The van der Waals surface area contributed by atoms with Crippen LogP contribution < -0.4 is 11.5 Å². The Kier molecular flexibility index (Phi) is 4.59. The number of nitrogens with zero attached hydrogens (tertiary/aromatic N) is 1. The van der Waals surface area contributed by atoms with Crippen molar-refractivity contribution in [2.75, 3.05) is 12.3 Å². The molecule has 0 aliphatic carbocycles. The van der Waals surface area contributed by atoms with Gasteiger partial charge in [0.2, 0.25) is 5.91 Å². The number of hydrogen-bond acceptors (Lipinski definition) is 4. The largest absolute Gasteiger partial charge is 0.399 e. The highest BCUT2D eigenvalue weighted by atomic mass is 32.1. The van der Waals surface area contributed by atoms with E-state index in [4.69, 9.17) is 11.5 Å². The van der Waals surface area contributed by atoms with Crippen LogP contribution in [0.5, 0.6) is 0 Å². The fraction of sp³-hybridized carbons (Fsp3) is 0.200. The monoisotopic (exact) mass is 303 g/mol. The van der Waals surface area contributed by atoms with Gasteiger partial charge in [-0.25, -0.2) is 0 Å². The van der Waals surface area contributed by atoms with Gasteiger partial charge in [0.05, 0.1) is 12.1 Å². The van der Waals surface area contributed by atoms with E-state index >= 15 is 0 Å². The molecule has 0 atom stereocenters. The number of hydrogen-bond donors (Lipinski definition) is 2. The number of nitrogen functional groups attached to an aromatic ring is 1. The molecule has 1 heterocycles. The summed E-state index contributed by atoms with van der Waals surface area (Å²) in [7, 11) is 0. The minimum absolute atomic E-state index is 0.122. The summed E-state index contributed by atoms with van der Waals surface area (Å²) in [5, 5.41) is 3.68. The molecule has 1 aromatic carbocycles. The lowest BCUT2D eigenvalue weighted by molar-refractivity contribution is -0.118. The Bertz CT molecular complexity index is 666. The first-order valence-corrected chi connectivity index (χ1v) is 7.36. The number of benzene rings is 1. The number of nitrogens with two attached hydrogens (primary N) is 2. The fourth-order valence-corrected chi connectivity index (χ4v) is 2.87. The topological polar surface area (TPSA) is 89.4 Å². The predicted molar refractivity (Wildman–Crippen MR) is 83.8 cm³/mol. The second kappa shape index (κ2) is 6.41. The van der Waals surface area contributed by atoms with Crippen molar-refractivity contribution in [3.05, 3.63) is 51.7 Å². The van der Waals surface area contributed by atoms with E-state index < -0.39 is 5.91 Å². The molecule has 2 aromatic rings. The zero-order valence-corrected chi connectivity index (χ0v) is 12.5. The molecular formula is C15H17N3O2S. The molecule has 1 aromatic heterocycles. The Morgan fingerprint density at radius 2 is 2.05 bits per heavy atom. The summed E-state index contributed by atoms with van der Waals surface area (Å²) in [5.41, 5.74) is 14.0. The number of thiophene rings is 1. The van der Waals surface area contributed by atoms with E-state index in [2.05, 4.69) is 0 Å². The van der Waals surface area contributed by atoms with Gasteiger partial charge in [0.25, 0.3) is 5.91 Å². The van der Waals surface area contributed by atoms with Gasteiger partial charge in [0.1, 0.15) is 0 Å². The lowest BCUT2D eigenvalue weighted by atomic mass is 10.1. The molecular weight excluding hydrogens is 286 g/mol. The van der Waals surface area contributed by atoms with E-state index in [-0.39, 0.29) is 12.5 Å². The molecule has 110 valence electrons. The molecule has 0 saturated heterocycles. The molecule has 0 spiro atoms. The molecule has 0 bridgehead atoms. The highest BCUT2D eigenvalue weighted by molar-refractivity contribution is 7.08. The van der Waals surface area contributed by atoms with E-state index in [1.807, 2.05) is 24.4 Å². The predicted octanol–water partition coefficient (Wildman–Crippen LogP) is 1.77. The van der Waals surface area contributed by atoms with Crippen LogP contribution in [0.4, 0.5) is 5.69 Å². The van der Waals surface area contributed by atoms with Crippen LogP contribution in [-0.2, 0) is 11.3 Å². The maximum atomic E-state index is 12.5. The highest BCUT2D eigenvalue weighted by Gasteiger charge is 2.20. The molecule has 2 amide bonds. The quantitative estimate of drug-likeness (QED) is 0.825. The normalized spacial score (nSPS) is 10.3. The van der Waals surface area contributed by atoms with Crippen LogP contribution in [0.15, 0.2) is 35.0 Å². The van der Waals surface area contributed by atoms with E-state index in [1.165, 1.54) is 16.2 Å². The molecule has 6 heteroatoms. The van der Waals surface area contributed by atoms with Crippen molar-refractivity contribution in [2.45, 2.75) is 13.5 Å². The molecule has 2 rings (SSSR count). The summed E-state index contributed by atoms with van der Waals surface area (Å²) < 4.78 is 0. The van der Waals surface area contributed by atoms with E-state index in [0.717, 1.165) is 11.1 Å². The summed E-state index contributed by atoms with van der Waals surface area (Å²) in [6, 6.07) is 7.22. The number of anilines is 1. The third-order valence-corrected chi connectivity index (χ3v) is 3.91. The lowest BCUT2D eigenvalue weighted by Gasteiger charge is -2.21. The first kappa shape index (κ1) is 15.1. The SMILES string of the molecule is Cc1cscc1C(=O)N(CC(N)=O)Cc1cccc(N)c1. The lowest BCUT2D eigenvalue weighted by Crippen LogP contribution is -2.38. The molecule has 4 N–H and O–H groups in total. The third kappa shape index (κ3) is 3.82. The Morgan fingerprint density at radius 1 is 1.29 bits per heavy atom. The summed E-state index contributed by atoms with van der Waals surface area (Å²) in [6.45, 7) is 2.04. The molecule has 0 saturated carbocycles. The second-order valence-corrected chi connectivity index (χ2v) is 5.58. The molecule has 0 radical (unpaired) electrons. The van der Waals surface area contributed by atoms with Crippen molar-refractivity contribution in [2.24, 2.45) is 5.73 Å². The smallest absolute Gasteiger partial charge is 0.255 e. The summed E-state index contributed by atoms with van der Waals surface area (Å²) in [6.07, 6.45) is 0. The fourth-order valence-electron chi connectivity index (χ4n) is 2.05. The van der Waals surface area contributed by atoms with Crippen LogP contribution >= 0.6 is 11.3 Å². The van der Waals surface area contributed by atoms with Crippen LogP contribution in [0.1, 0.15) is 21.5 Å². The first-order valence-electron chi connectivity index (χ1n) is 6.42. The van der Waals surface area contributed by atoms with Gasteiger partial charge in [-0.15, -0.1) is 0 Å². The summed E-state index contributed by atoms with van der Waals surface area (Å²) in [4.78, 5) is 25.2. The van der Waals surface area contributed by atoms with Gasteiger partial charge in [-0.3, -0.25) is 9.59 Å². The minimum atomic E-state index is -0.542. The zero-order chi connectivity index (χ0) is 15.4. The molecule has 0 aliphatic rings. The van der Waals surface area contributed by atoms with Crippen LogP contribution in [0.3, 0.4) is 0 Å². The standard InChI is InChI=1S/C15H17N3O2S/c1-10-8-21-9-13(10)15(20)18(7-14(17)19)6-11-3-2-4-12(16)5-11/h2-5,8-9H,6-7,16H2,1H3,(H2,17,19). The van der Waals surface area contributed by atoms with Gasteiger partial charge in [-0.1, -0.05) is 12.1 Å². The average molecular weight is 303 g/mol. The second-order valence-electron chi connectivity index (χ2n) is 4.84. The van der Waals surface area contributed by atoms with Gasteiger partial charge in [0, 0.05) is 17.6 Å². The Labute approximate surface area is 127 Å². The molecule has 0 unspecified atom stereocenters. The van der Waals surface area contributed by atoms with Crippen LogP contribution in [0.25, 0.3) is 0 Å². The van der Waals surface area contributed by atoms with Gasteiger partial charge in [-0.05, 0) is 35.6 Å². The van der Waals surface area contributed by atoms with Crippen molar-refractivity contribution in [1.82, 2.24) is 4.90 Å². The number of rotatable bonds is 5. The van der Waals surface area contributed by atoms with E-state index in [9.17, 15) is 9.59 Å². The first-order chi connectivity index (χ1) is 9.97. The molecule has 0 fully saturated rings. The Hall–Kier alpha value is -2.34. The Balaban J connectivity index is 2.24. The number of amides is 2. The van der Waals surface area contributed by atoms with E-state index in [0.29, 0.717) is 17.8 Å². The van der Waals surface area contributed by atoms with Crippen molar-refractivity contribution < 1.29 is 9.59 Å². The van der Waals surface area contributed by atoms with Crippen LogP contribution in [0.2, 0.25) is 0 Å². The van der Waals surface area contributed by atoms with Crippen molar-refractivity contribution in [3.8, 4) is 0 Å². The van der Waals surface area contributed by atoms with Crippen molar-refractivity contribution in [1.29, 1.82) is 0 Å². The Morgan fingerprint density at radius 3 is 2.62 bits per heavy atom. The maximum Gasteiger partial charge on any atom is 0.255 e. The van der Waals surface area contributed by atoms with Crippen molar-refractivity contribution >= 4 is 28.8 Å². The molecule has 21 heavy (non-hydrogen) atoms. The maximum absolute atomic E-state index is 12.5. The number of primary amides is 1. The highest BCUT2D eigenvalue weighted by Crippen LogP contribution is 2.18. The minimum Gasteiger partial charge on any atom is -0.399 e. The third-order valence-electron chi connectivity index (χ3n) is 3.04.